The maximum absolute atomic E-state index is 14.1. The summed E-state index contributed by atoms with van der Waals surface area (Å²) in [7, 11) is -0.370. The van der Waals surface area contributed by atoms with Gasteiger partial charge in [0, 0.05) is 37.6 Å². The number of halogens is 1. The number of methoxy groups -OCH3 is 2. The second-order valence-corrected chi connectivity index (χ2v) is 14.3. The topological polar surface area (TPSA) is 105 Å². The number of hydrogen-bond donors (Lipinski definition) is 1. The lowest BCUT2D eigenvalue weighted by molar-refractivity contribution is -0.141. The van der Waals surface area contributed by atoms with E-state index < -0.39 is 16.1 Å². The zero-order valence-corrected chi connectivity index (χ0v) is 29.4. The fourth-order valence-electron chi connectivity index (χ4n) is 5.98. The molecule has 0 unspecified atom stereocenters. The Bertz CT molecular complexity index is 1810. The molecule has 5 rings (SSSR count). The average Bonchev–Trinajstić information content (AvgIpc) is 3.68. The van der Waals surface area contributed by atoms with E-state index in [4.69, 9.17) is 21.1 Å². The number of aryl methyl sites for hydroxylation is 1. The van der Waals surface area contributed by atoms with Gasteiger partial charge in [-0.2, -0.15) is 4.31 Å². The first-order valence-electron chi connectivity index (χ1n) is 16.4. The van der Waals surface area contributed by atoms with Gasteiger partial charge in [-0.15, -0.1) is 0 Å². The van der Waals surface area contributed by atoms with Crippen molar-refractivity contribution in [3.63, 3.8) is 0 Å². The summed E-state index contributed by atoms with van der Waals surface area (Å²) in [6.45, 7) is 1.60. The van der Waals surface area contributed by atoms with Crippen LogP contribution in [0.5, 0.6) is 11.5 Å². The van der Waals surface area contributed by atoms with Crippen LogP contribution < -0.4 is 14.8 Å². The Labute approximate surface area is 293 Å². The summed E-state index contributed by atoms with van der Waals surface area (Å²) in [6.07, 6.45) is 2.77. The number of sulfonamides is 1. The lowest BCUT2D eigenvalue weighted by Gasteiger charge is -2.32. The number of carbonyl (C=O) groups is 2. The van der Waals surface area contributed by atoms with E-state index in [9.17, 15) is 18.0 Å². The summed E-state index contributed by atoms with van der Waals surface area (Å²) in [6, 6.07) is 27.9. The first kappa shape index (κ1) is 35.9. The van der Waals surface area contributed by atoms with Crippen molar-refractivity contribution in [2.45, 2.75) is 49.6 Å². The van der Waals surface area contributed by atoms with Gasteiger partial charge in [0.15, 0.2) is 11.5 Å². The molecule has 4 aromatic carbocycles. The van der Waals surface area contributed by atoms with E-state index in [-0.39, 0.29) is 29.7 Å². The predicted molar refractivity (Wildman–Crippen MR) is 190 cm³/mol. The van der Waals surface area contributed by atoms with Crippen LogP contribution in [0.15, 0.2) is 102 Å². The molecule has 4 aromatic rings. The van der Waals surface area contributed by atoms with Gasteiger partial charge in [-0.1, -0.05) is 72.3 Å². The molecule has 11 heteroatoms. The highest BCUT2D eigenvalue weighted by Crippen LogP contribution is 2.29. The van der Waals surface area contributed by atoms with Crippen LogP contribution in [0.1, 0.15) is 47.6 Å². The van der Waals surface area contributed by atoms with Gasteiger partial charge in [0.05, 0.1) is 19.1 Å². The Kier molecular flexibility index (Phi) is 12.3. The normalized spacial score (nSPS) is 13.9. The van der Waals surface area contributed by atoms with Gasteiger partial charge < -0.3 is 19.7 Å². The third-order valence-electron chi connectivity index (χ3n) is 8.68. The number of benzene rings is 4. The van der Waals surface area contributed by atoms with Crippen LogP contribution in [0.25, 0.3) is 0 Å². The summed E-state index contributed by atoms with van der Waals surface area (Å²) < 4.78 is 38.3. The number of rotatable bonds is 15. The Morgan fingerprint density at radius 3 is 2.10 bits per heavy atom. The molecule has 1 atom stereocenters. The smallest absolute Gasteiger partial charge is 0.247 e. The van der Waals surface area contributed by atoms with Crippen LogP contribution in [0.3, 0.4) is 0 Å². The molecule has 1 N–H and O–H groups in total. The number of ether oxygens (including phenoxy) is 2. The molecule has 0 aromatic heterocycles. The van der Waals surface area contributed by atoms with Crippen LogP contribution in [-0.4, -0.2) is 63.3 Å². The van der Waals surface area contributed by atoms with Crippen molar-refractivity contribution >= 4 is 33.4 Å². The van der Waals surface area contributed by atoms with E-state index in [0.717, 1.165) is 29.5 Å². The minimum absolute atomic E-state index is 0.119. The molecule has 2 amide bonds. The van der Waals surface area contributed by atoms with E-state index in [0.29, 0.717) is 54.6 Å². The fourth-order valence-corrected chi connectivity index (χ4v) is 7.62. The molecular weight excluding hydrogens is 662 g/mol. The lowest BCUT2D eigenvalue weighted by atomic mass is 10.0. The van der Waals surface area contributed by atoms with Crippen LogP contribution in [0, 0.1) is 0 Å². The SMILES string of the molecule is COc1ccc(CCNC(=O)[C@H](c2ccccc2)N(Cc2ccc(Cl)cc2)C(=O)CCc2ccc(S(=O)(=O)N3CCCC3)cc2)cc1OC. The van der Waals surface area contributed by atoms with Gasteiger partial charge in [0.2, 0.25) is 21.8 Å². The van der Waals surface area contributed by atoms with E-state index in [1.54, 1.807) is 55.5 Å². The fraction of sp³-hybridized carbons (Fsp3) is 0.316. The van der Waals surface area contributed by atoms with Crippen molar-refractivity contribution in [3.05, 3.63) is 124 Å². The van der Waals surface area contributed by atoms with Crippen molar-refractivity contribution in [2.24, 2.45) is 0 Å². The molecule has 1 aliphatic rings. The first-order chi connectivity index (χ1) is 23.7. The molecule has 1 fully saturated rings. The van der Waals surface area contributed by atoms with Crippen molar-refractivity contribution in [2.75, 3.05) is 33.9 Å². The summed E-state index contributed by atoms with van der Waals surface area (Å²) in [5, 5.41) is 3.63. The summed E-state index contributed by atoms with van der Waals surface area (Å²) in [4.78, 5) is 30.0. The molecule has 0 spiro atoms. The third kappa shape index (κ3) is 9.20. The van der Waals surface area contributed by atoms with E-state index in [2.05, 4.69) is 5.32 Å². The number of nitrogens with zero attached hydrogens (tertiary/aromatic N) is 2. The number of amides is 2. The summed E-state index contributed by atoms with van der Waals surface area (Å²) in [5.74, 6) is 0.716. The molecule has 258 valence electrons. The highest BCUT2D eigenvalue weighted by molar-refractivity contribution is 7.89. The van der Waals surface area contributed by atoms with Gasteiger partial charge in [-0.3, -0.25) is 9.59 Å². The number of nitrogens with one attached hydrogen (secondary N) is 1. The second kappa shape index (κ2) is 16.8. The zero-order chi connectivity index (χ0) is 34.8. The third-order valence-corrected chi connectivity index (χ3v) is 10.8. The van der Waals surface area contributed by atoms with Crippen LogP contribution in [0.2, 0.25) is 5.02 Å². The van der Waals surface area contributed by atoms with Gasteiger partial charge >= 0.3 is 0 Å². The zero-order valence-electron chi connectivity index (χ0n) is 27.8. The summed E-state index contributed by atoms with van der Waals surface area (Å²) in [5.41, 5.74) is 3.30. The van der Waals surface area contributed by atoms with E-state index >= 15 is 0 Å². The maximum Gasteiger partial charge on any atom is 0.247 e. The maximum atomic E-state index is 14.1. The minimum Gasteiger partial charge on any atom is -0.493 e. The molecule has 1 aliphatic heterocycles. The summed E-state index contributed by atoms with van der Waals surface area (Å²) >= 11 is 6.16. The Morgan fingerprint density at radius 1 is 0.816 bits per heavy atom. The van der Waals surface area contributed by atoms with E-state index in [1.807, 2.05) is 60.7 Å². The van der Waals surface area contributed by atoms with Gasteiger partial charge in [0.25, 0.3) is 0 Å². The van der Waals surface area contributed by atoms with Gasteiger partial charge in [-0.25, -0.2) is 8.42 Å². The Morgan fingerprint density at radius 2 is 1.45 bits per heavy atom. The van der Waals surface area contributed by atoms with E-state index in [1.165, 1.54) is 4.31 Å². The molecule has 0 radical (unpaired) electrons. The second-order valence-electron chi connectivity index (χ2n) is 11.9. The van der Waals surface area contributed by atoms with Crippen LogP contribution >= 0.6 is 11.6 Å². The lowest BCUT2D eigenvalue weighted by Crippen LogP contribution is -2.44. The monoisotopic (exact) mass is 703 g/mol. The van der Waals surface area contributed by atoms with Gasteiger partial charge in [0.1, 0.15) is 6.04 Å². The van der Waals surface area contributed by atoms with Crippen molar-refractivity contribution in [1.29, 1.82) is 0 Å². The van der Waals surface area contributed by atoms with Crippen LogP contribution in [0.4, 0.5) is 0 Å². The molecule has 49 heavy (non-hydrogen) atoms. The molecule has 0 aliphatic carbocycles. The highest BCUT2D eigenvalue weighted by atomic mass is 35.5. The molecule has 0 bridgehead atoms. The average molecular weight is 704 g/mol. The van der Waals surface area contributed by atoms with Gasteiger partial charge in [-0.05, 0) is 84.3 Å². The molecule has 9 nitrogen and oxygen atoms in total. The standard InChI is InChI=1S/C38H42ClN3O6S/c1-47-34-20-14-29(26-35(34)48-2)22-23-40-38(44)37(31-8-4-3-5-9-31)42(27-30-10-16-32(39)17-11-30)36(43)21-15-28-12-18-33(19-13-28)49(45,46)41-24-6-7-25-41/h3-5,8-14,16-20,26,37H,6-7,15,21-25,27H2,1-2H3,(H,40,44)/t37-/m0/s1. The Hall–Kier alpha value is -4.38. The molecule has 1 heterocycles. The highest BCUT2D eigenvalue weighted by Gasteiger charge is 2.32. The Balaban J connectivity index is 1.35. The minimum atomic E-state index is -3.53. The largest absolute Gasteiger partial charge is 0.493 e. The van der Waals surface area contributed by atoms with Crippen molar-refractivity contribution in [1.82, 2.24) is 14.5 Å². The van der Waals surface area contributed by atoms with Crippen LogP contribution in [-0.2, 0) is 39.0 Å². The first-order valence-corrected chi connectivity index (χ1v) is 18.2. The predicted octanol–water partition coefficient (Wildman–Crippen LogP) is 6.20. The number of hydrogen-bond acceptors (Lipinski definition) is 6. The molecular formula is C38H42ClN3O6S. The molecule has 1 saturated heterocycles. The number of carbonyl (C=O) groups excluding carboxylic acids is 2. The molecule has 0 saturated carbocycles. The van der Waals surface area contributed by atoms with Crippen molar-refractivity contribution in [3.8, 4) is 11.5 Å². The quantitative estimate of drug-likeness (QED) is 0.158. The van der Waals surface area contributed by atoms with Crippen molar-refractivity contribution < 1.29 is 27.5 Å².